The van der Waals surface area contributed by atoms with Gasteiger partial charge in [0.15, 0.2) is 0 Å². The van der Waals surface area contributed by atoms with Crippen LogP contribution in [0.25, 0.3) is 12.2 Å². The van der Waals surface area contributed by atoms with Crippen molar-refractivity contribution in [2.75, 3.05) is 26.4 Å². The van der Waals surface area contributed by atoms with Crippen LogP contribution in [0.5, 0.6) is 23.0 Å². The fourth-order valence-electron chi connectivity index (χ4n) is 11.4. The number of benzene rings is 5. The normalized spacial score (nSPS) is 10.6. The molecule has 0 amide bonds. The molecule has 0 bridgehead atoms. The second-order valence-corrected chi connectivity index (χ2v) is 26.0. The van der Waals surface area contributed by atoms with Gasteiger partial charge in [-0.05, 0) is 146 Å². The van der Waals surface area contributed by atoms with Crippen molar-refractivity contribution in [1.29, 1.82) is 0 Å². The number of unbranched alkanes of at least 4 members (excludes halogenated alkanes) is 36. The second-order valence-electron chi connectivity index (χ2n) is 26.0. The molecule has 0 saturated carbocycles. The second kappa shape index (κ2) is 54.3. The first kappa shape index (κ1) is 77.7. The van der Waals surface area contributed by atoms with Crippen LogP contribution in [-0.2, 0) is 0 Å². The molecule has 0 saturated heterocycles. The summed E-state index contributed by atoms with van der Waals surface area (Å²) in [5.41, 5.74) is 7.05. The molecule has 4 nitrogen and oxygen atoms in total. The topological polar surface area (TPSA) is 36.9 Å². The van der Waals surface area contributed by atoms with Gasteiger partial charge < -0.3 is 18.9 Å². The van der Waals surface area contributed by atoms with Crippen LogP contribution in [0, 0.1) is 47.4 Å². The molecule has 0 spiro atoms. The highest BCUT2D eigenvalue weighted by molar-refractivity contribution is 5.70. The zero-order valence-corrected chi connectivity index (χ0v) is 59.4. The molecule has 0 heterocycles. The smallest absolute Gasteiger partial charge is 0.119 e. The molecule has 0 aliphatic carbocycles. The van der Waals surface area contributed by atoms with Crippen molar-refractivity contribution >= 4 is 12.2 Å². The van der Waals surface area contributed by atoms with Crippen LogP contribution < -0.4 is 18.9 Å². The lowest BCUT2D eigenvalue weighted by Gasteiger charge is -2.06. The quantitative estimate of drug-likeness (QED) is 0.0287. The molecule has 0 radical (unpaired) electrons. The number of ether oxygens (including phenoxy) is 4. The Morgan fingerprint density at radius 1 is 0.223 bits per heavy atom. The van der Waals surface area contributed by atoms with Crippen LogP contribution in [0.1, 0.15) is 318 Å². The summed E-state index contributed by atoms with van der Waals surface area (Å²) in [6, 6.07) is 41.0. The Morgan fingerprint density at radius 2 is 0.394 bits per heavy atom. The number of hydrogen-bond donors (Lipinski definition) is 0. The summed E-state index contributed by atoms with van der Waals surface area (Å²) in [5, 5.41) is 0. The first-order valence-corrected chi connectivity index (χ1v) is 38.1. The zero-order chi connectivity index (χ0) is 66.1. The predicted octanol–water partition coefficient (Wildman–Crippen LogP) is 25.9. The minimum absolute atomic E-state index is 0.716. The van der Waals surface area contributed by atoms with Crippen LogP contribution >= 0.6 is 0 Å². The first-order chi connectivity index (χ1) is 46.5. The van der Waals surface area contributed by atoms with Gasteiger partial charge in [-0.25, -0.2) is 0 Å². The Hall–Kier alpha value is -6.98. The average molecular weight is 1270 g/mol. The van der Waals surface area contributed by atoms with E-state index in [2.05, 4.69) is 111 Å². The van der Waals surface area contributed by atoms with Crippen molar-refractivity contribution < 1.29 is 18.9 Å². The van der Waals surface area contributed by atoms with E-state index in [-0.39, 0.29) is 0 Å². The van der Waals surface area contributed by atoms with Gasteiger partial charge in [0.1, 0.15) is 23.0 Å². The third-order valence-electron chi connectivity index (χ3n) is 17.4. The number of hydrogen-bond acceptors (Lipinski definition) is 4. The highest BCUT2D eigenvalue weighted by Gasteiger charge is 2.04. The SMILES string of the molecule is CCCCCCCCCCCCOc1ccc(C#CC(C#Cc2ccc(OCCCCCCCCCCCC)cc2)=Cc2ccc(C=C(C#Cc3ccc(OCCCCCCCCCCCC)cc3)C#Cc3ccc(OCCCCCCCCCCCC)cc3)cc2)cc1. The van der Waals surface area contributed by atoms with Crippen LogP contribution in [-0.4, -0.2) is 26.4 Å². The minimum atomic E-state index is 0.716. The average Bonchev–Trinajstić information content (AvgIpc) is 2.67. The Labute approximate surface area is 575 Å². The van der Waals surface area contributed by atoms with Gasteiger partial charge in [0.2, 0.25) is 0 Å². The van der Waals surface area contributed by atoms with E-state index >= 15 is 0 Å². The Kier molecular flexibility index (Phi) is 44.9. The van der Waals surface area contributed by atoms with E-state index in [1.54, 1.807) is 0 Å². The van der Waals surface area contributed by atoms with Gasteiger partial charge in [0.25, 0.3) is 0 Å². The van der Waals surface area contributed by atoms with Gasteiger partial charge in [0, 0.05) is 22.3 Å². The number of rotatable bonds is 50. The Bertz CT molecular complexity index is 2620. The molecule has 4 heteroatoms. The van der Waals surface area contributed by atoms with Crippen LogP contribution in [0.2, 0.25) is 0 Å². The molecule has 5 rings (SSSR count). The maximum absolute atomic E-state index is 6.15. The lowest BCUT2D eigenvalue weighted by Crippen LogP contribution is -1.97. The van der Waals surface area contributed by atoms with Gasteiger partial charge in [0.05, 0.1) is 37.6 Å². The van der Waals surface area contributed by atoms with Crippen LogP contribution in [0.15, 0.2) is 132 Å². The molecular weight excluding hydrogens is 1140 g/mol. The van der Waals surface area contributed by atoms with E-state index < -0.39 is 0 Å². The Balaban J connectivity index is 1.27. The predicted molar refractivity (Wildman–Crippen MR) is 405 cm³/mol. The lowest BCUT2D eigenvalue weighted by atomic mass is 10.1. The molecule has 0 N–H and O–H groups in total. The van der Waals surface area contributed by atoms with Gasteiger partial charge in [-0.15, -0.1) is 0 Å². The third-order valence-corrected chi connectivity index (χ3v) is 17.4. The van der Waals surface area contributed by atoms with Crippen molar-refractivity contribution in [2.24, 2.45) is 0 Å². The summed E-state index contributed by atoms with van der Waals surface area (Å²) < 4.78 is 24.6. The van der Waals surface area contributed by atoms with Crippen molar-refractivity contribution in [3.05, 3.63) is 166 Å². The number of allylic oxidation sites excluding steroid dienone is 2. The van der Waals surface area contributed by atoms with E-state index in [0.29, 0.717) is 11.1 Å². The summed E-state index contributed by atoms with van der Waals surface area (Å²) in [6.07, 6.45) is 56.5. The van der Waals surface area contributed by atoms with Gasteiger partial charge in [-0.1, -0.05) is 330 Å². The lowest BCUT2D eigenvalue weighted by molar-refractivity contribution is 0.304. The molecule has 0 atom stereocenters. The summed E-state index contributed by atoms with van der Waals surface area (Å²) in [7, 11) is 0. The molecular formula is C90H122O4. The minimum Gasteiger partial charge on any atom is -0.494 e. The molecule has 0 unspecified atom stereocenters. The molecule has 94 heavy (non-hydrogen) atoms. The summed E-state index contributed by atoms with van der Waals surface area (Å²) in [6.45, 7) is 12.1. The maximum atomic E-state index is 6.15. The molecule has 0 aliphatic heterocycles. The van der Waals surface area contributed by atoms with Gasteiger partial charge >= 0.3 is 0 Å². The molecule has 0 aliphatic rings. The third kappa shape index (κ3) is 39.7. The van der Waals surface area contributed by atoms with E-state index in [1.165, 1.54) is 231 Å². The van der Waals surface area contributed by atoms with E-state index in [4.69, 9.17) is 18.9 Å². The maximum Gasteiger partial charge on any atom is 0.119 e. The highest BCUT2D eigenvalue weighted by atomic mass is 16.5. The van der Waals surface area contributed by atoms with Crippen molar-refractivity contribution in [2.45, 2.75) is 285 Å². The first-order valence-electron chi connectivity index (χ1n) is 38.1. The van der Waals surface area contributed by atoms with Gasteiger partial charge in [-0.3, -0.25) is 0 Å². The van der Waals surface area contributed by atoms with Gasteiger partial charge in [-0.2, -0.15) is 0 Å². The highest BCUT2D eigenvalue weighted by Crippen LogP contribution is 2.21. The van der Waals surface area contributed by atoms with Crippen LogP contribution in [0.3, 0.4) is 0 Å². The molecule has 506 valence electrons. The summed E-state index contributed by atoms with van der Waals surface area (Å²) in [5.74, 6) is 30.8. The fourth-order valence-corrected chi connectivity index (χ4v) is 11.4. The monoisotopic (exact) mass is 1270 g/mol. The largest absolute Gasteiger partial charge is 0.494 e. The Morgan fingerprint density at radius 3 is 0.574 bits per heavy atom. The summed E-state index contributed by atoms with van der Waals surface area (Å²) in [4.78, 5) is 0. The summed E-state index contributed by atoms with van der Waals surface area (Å²) >= 11 is 0. The van der Waals surface area contributed by atoms with E-state index in [0.717, 1.165) is 108 Å². The van der Waals surface area contributed by atoms with Crippen molar-refractivity contribution in [3.63, 3.8) is 0 Å². The molecule has 0 fully saturated rings. The zero-order valence-electron chi connectivity index (χ0n) is 59.4. The van der Waals surface area contributed by atoms with E-state index in [1.807, 2.05) is 97.1 Å². The molecule has 5 aromatic carbocycles. The van der Waals surface area contributed by atoms with Crippen molar-refractivity contribution in [1.82, 2.24) is 0 Å². The standard InChI is InChI=1S/C90H122O4/c1-5-9-13-17-21-25-29-33-37-41-73-91-87-65-57-79(58-66-87)45-49-83(50-46-80-59-67-88(68-60-80)92-74-42-38-34-30-26-22-18-14-10-6-2)77-85-53-55-86(56-54-85)78-84(51-47-81-61-69-89(70-62-81)93-75-43-39-35-31-27-23-19-15-11-7-3)52-48-82-63-71-90(72-64-82)94-76-44-40-36-32-28-24-20-16-12-8-4/h53-72,77-78H,5-44,73-76H2,1-4H3. The van der Waals surface area contributed by atoms with Crippen molar-refractivity contribution in [3.8, 4) is 70.4 Å². The fraction of sp³-hybridized carbons (Fsp3) is 0.533. The van der Waals surface area contributed by atoms with Crippen LogP contribution in [0.4, 0.5) is 0 Å². The van der Waals surface area contributed by atoms with E-state index in [9.17, 15) is 0 Å². The molecule has 5 aromatic rings. The molecule has 0 aromatic heterocycles.